The van der Waals surface area contributed by atoms with Crippen LogP contribution in [0.25, 0.3) is 0 Å². The molecule has 1 aliphatic rings. The molecule has 0 spiro atoms. The van der Waals surface area contributed by atoms with Gasteiger partial charge in [-0.15, -0.1) is 0 Å². The lowest BCUT2D eigenvalue weighted by Crippen LogP contribution is -2.26. The third-order valence-corrected chi connectivity index (χ3v) is 2.98. The van der Waals surface area contributed by atoms with Crippen LogP contribution in [-0.2, 0) is 4.74 Å². The number of hydrogen-bond donors (Lipinski definition) is 0. The number of methoxy groups -OCH3 is 1. The maximum Gasteiger partial charge on any atom is 0.175 e. The van der Waals surface area contributed by atoms with E-state index in [0.29, 0.717) is 13.2 Å². The van der Waals surface area contributed by atoms with Gasteiger partial charge in [0.05, 0.1) is 19.3 Å². The molecule has 0 amide bonds. The minimum absolute atomic E-state index is 0.0971. The third kappa shape index (κ3) is 2.47. The van der Waals surface area contributed by atoms with Gasteiger partial charge in [-0.05, 0) is 25.0 Å². The van der Waals surface area contributed by atoms with Gasteiger partial charge in [0.2, 0.25) is 0 Å². The molecule has 1 aliphatic heterocycles. The van der Waals surface area contributed by atoms with Crippen LogP contribution in [0.1, 0.15) is 23.2 Å². The van der Waals surface area contributed by atoms with Crippen LogP contribution >= 0.6 is 0 Å². The summed E-state index contributed by atoms with van der Waals surface area (Å²) in [5, 5.41) is 0. The molecule has 1 atom stereocenters. The van der Waals surface area contributed by atoms with Crippen LogP contribution in [0.4, 0.5) is 4.39 Å². The Kier molecular flexibility index (Phi) is 3.74. The molecule has 1 aromatic rings. The van der Waals surface area contributed by atoms with Crippen molar-refractivity contribution in [1.82, 2.24) is 0 Å². The van der Waals surface area contributed by atoms with E-state index in [9.17, 15) is 9.18 Å². The van der Waals surface area contributed by atoms with E-state index in [1.165, 1.54) is 19.2 Å². The van der Waals surface area contributed by atoms with E-state index < -0.39 is 5.82 Å². The van der Waals surface area contributed by atoms with Gasteiger partial charge in [-0.3, -0.25) is 4.79 Å². The number of Topliss-reactive ketones (excluding diaryl/α,β-unsaturated/α-hetero) is 1. The molecule has 3 nitrogen and oxygen atoms in total. The minimum atomic E-state index is -0.578. The molecule has 1 fully saturated rings. The Morgan fingerprint density at radius 2 is 2.35 bits per heavy atom. The quantitative estimate of drug-likeness (QED) is 0.759. The first-order valence-corrected chi connectivity index (χ1v) is 5.68. The molecule has 0 N–H and O–H groups in total. The molecule has 0 aromatic heterocycles. The molecule has 0 radical (unpaired) electrons. The number of halogens is 1. The zero-order valence-corrected chi connectivity index (χ0v) is 9.74. The number of benzene rings is 1. The summed E-state index contributed by atoms with van der Waals surface area (Å²) in [5.74, 6) is -0.899. The lowest BCUT2D eigenvalue weighted by Gasteiger charge is -2.21. The topological polar surface area (TPSA) is 35.5 Å². The van der Waals surface area contributed by atoms with E-state index in [1.807, 2.05) is 0 Å². The van der Waals surface area contributed by atoms with Crippen LogP contribution in [0, 0.1) is 11.7 Å². The number of ketones is 1. The monoisotopic (exact) mass is 238 g/mol. The molecule has 17 heavy (non-hydrogen) atoms. The predicted octanol–water partition coefficient (Wildman–Crippen LogP) is 2.44. The Morgan fingerprint density at radius 3 is 3.00 bits per heavy atom. The Labute approximate surface area is 99.5 Å². The fourth-order valence-electron chi connectivity index (χ4n) is 2.03. The number of carbonyl (C=O) groups is 1. The normalized spacial score (nSPS) is 20.0. The molecule has 1 saturated heterocycles. The summed E-state index contributed by atoms with van der Waals surface area (Å²) in [4.78, 5) is 12.1. The van der Waals surface area contributed by atoms with Crippen LogP contribution in [0.15, 0.2) is 18.2 Å². The van der Waals surface area contributed by atoms with Gasteiger partial charge in [0, 0.05) is 12.5 Å². The summed E-state index contributed by atoms with van der Waals surface area (Å²) in [5.41, 5.74) is 0.0971. The third-order valence-electron chi connectivity index (χ3n) is 2.98. The molecule has 92 valence electrons. The van der Waals surface area contributed by atoms with E-state index in [0.717, 1.165) is 12.8 Å². The summed E-state index contributed by atoms with van der Waals surface area (Å²) in [6.45, 7) is 1.07. The van der Waals surface area contributed by atoms with Crippen LogP contribution in [0.5, 0.6) is 5.75 Å². The van der Waals surface area contributed by atoms with E-state index in [-0.39, 0.29) is 23.0 Å². The fourth-order valence-corrected chi connectivity index (χ4v) is 2.03. The van der Waals surface area contributed by atoms with Gasteiger partial charge in [-0.1, -0.05) is 6.07 Å². The van der Waals surface area contributed by atoms with Gasteiger partial charge in [-0.25, -0.2) is 4.39 Å². The van der Waals surface area contributed by atoms with E-state index in [4.69, 9.17) is 9.47 Å². The van der Waals surface area contributed by atoms with Gasteiger partial charge in [0.25, 0.3) is 0 Å². The number of rotatable bonds is 3. The Morgan fingerprint density at radius 1 is 1.53 bits per heavy atom. The Balaban J connectivity index is 2.23. The standard InChI is InChI=1S/C13H15FO3/c1-16-11-6-2-5-10(12(11)14)13(15)9-4-3-7-17-8-9/h2,5-6,9H,3-4,7-8H2,1H3. The molecule has 1 unspecified atom stereocenters. The van der Waals surface area contributed by atoms with Crippen molar-refractivity contribution in [2.75, 3.05) is 20.3 Å². The number of carbonyl (C=O) groups excluding carboxylic acids is 1. The summed E-state index contributed by atoms with van der Waals surface area (Å²) < 4.78 is 24.0. The molecule has 4 heteroatoms. The summed E-state index contributed by atoms with van der Waals surface area (Å²) in [7, 11) is 1.39. The van der Waals surface area contributed by atoms with Gasteiger partial charge >= 0.3 is 0 Å². The molecule has 1 heterocycles. The first kappa shape index (κ1) is 12.0. The average molecular weight is 238 g/mol. The van der Waals surface area contributed by atoms with Gasteiger partial charge in [0.15, 0.2) is 17.3 Å². The second kappa shape index (κ2) is 5.27. The summed E-state index contributed by atoms with van der Waals surface area (Å²) in [6.07, 6.45) is 1.61. The van der Waals surface area contributed by atoms with Crippen LogP contribution < -0.4 is 4.74 Å². The number of ether oxygens (including phenoxy) is 2. The lowest BCUT2D eigenvalue weighted by atomic mass is 9.92. The summed E-state index contributed by atoms with van der Waals surface area (Å²) in [6, 6.07) is 4.62. The van der Waals surface area contributed by atoms with Crippen LogP contribution in [0.3, 0.4) is 0 Å². The van der Waals surface area contributed by atoms with Crippen LogP contribution in [-0.4, -0.2) is 26.1 Å². The van der Waals surface area contributed by atoms with Crippen molar-refractivity contribution in [2.45, 2.75) is 12.8 Å². The SMILES string of the molecule is COc1cccc(C(=O)C2CCCOC2)c1F. The molecule has 0 aliphatic carbocycles. The zero-order chi connectivity index (χ0) is 12.3. The first-order chi connectivity index (χ1) is 8.24. The van der Waals surface area contributed by atoms with Crippen molar-refractivity contribution in [3.8, 4) is 5.75 Å². The van der Waals surface area contributed by atoms with Crippen molar-refractivity contribution in [3.63, 3.8) is 0 Å². The maximum absolute atomic E-state index is 13.9. The highest BCUT2D eigenvalue weighted by Crippen LogP contribution is 2.25. The largest absolute Gasteiger partial charge is 0.494 e. The lowest BCUT2D eigenvalue weighted by molar-refractivity contribution is 0.0458. The average Bonchev–Trinajstić information content (AvgIpc) is 2.39. The number of hydrogen-bond acceptors (Lipinski definition) is 3. The van der Waals surface area contributed by atoms with E-state index >= 15 is 0 Å². The highest BCUT2D eigenvalue weighted by molar-refractivity contribution is 5.98. The van der Waals surface area contributed by atoms with Gasteiger partial charge < -0.3 is 9.47 Å². The second-order valence-corrected chi connectivity index (χ2v) is 4.10. The smallest absolute Gasteiger partial charge is 0.175 e. The molecule has 0 bridgehead atoms. The predicted molar refractivity (Wildman–Crippen MR) is 60.8 cm³/mol. The van der Waals surface area contributed by atoms with Gasteiger partial charge in [-0.2, -0.15) is 0 Å². The Hall–Kier alpha value is -1.42. The molecule has 0 saturated carbocycles. The van der Waals surface area contributed by atoms with Crippen molar-refractivity contribution >= 4 is 5.78 Å². The molecular weight excluding hydrogens is 223 g/mol. The van der Waals surface area contributed by atoms with Crippen molar-refractivity contribution < 1.29 is 18.7 Å². The highest BCUT2D eigenvalue weighted by Gasteiger charge is 2.26. The van der Waals surface area contributed by atoms with E-state index in [2.05, 4.69) is 0 Å². The van der Waals surface area contributed by atoms with E-state index in [1.54, 1.807) is 6.07 Å². The first-order valence-electron chi connectivity index (χ1n) is 5.68. The maximum atomic E-state index is 13.9. The van der Waals surface area contributed by atoms with Gasteiger partial charge in [0.1, 0.15) is 0 Å². The summed E-state index contributed by atoms with van der Waals surface area (Å²) >= 11 is 0. The van der Waals surface area contributed by atoms with Crippen LogP contribution in [0.2, 0.25) is 0 Å². The van der Waals surface area contributed by atoms with Crippen molar-refractivity contribution in [1.29, 1.82) is 0 Å². The Bertz CT molecular complexity index is 411. The second-order valence-electron chi connectivity index (χ2n) is 4.10. The zero-order valence-electron chi connectivity index (χ0n) is 9.74. The fraction of sp³-hybridized carbons (Fsp3) is 0.462. The minimum Gasteiger partial charge on any atom is -0.494 e. The van der Waals surface area contributed by atoms with Crippen molar-refractivity contribution in [2.24, 2.45) is 5.92 Å². The van der Waals surface area contributed by atoms with Crippen molar-refractivity contribution in [3.05, 3.63) is 29.6 Å². The highest BCUT2D eigenvalue weighted by atomic mass is 19.1. The molecule has 1 aromatic carbocycles. The molecule has 2 rings (SSSR count). The molecular formula is C13H15FO3.